The van der Waals surface area contributed by atoms with Crippen LogP contribution >= 0.6 is 0 Å². The van der Waals surface area contributed by atoms with E-state index in [4.69, 9.17) is 4.74 Å². The Kier molecular flexibility index (Phi) is 5.27. The molecule has 0 aromatic carbocycles. The molecule has 1 unspecified atom stereocenters. The fraction of sp³-hybridized carbons (Fsp3) is 0.500. The summed E-state index contributed by atoms with van der Waals surface area (Å²) in [6.07, 6.45) is -3.25. The Balaban J connectivity index is 1.99. The molecule has 1 aromatic rings. The zero-order valence-electron chi connectivity index (χ0n) is 12.8. The van der Waals surface area contributed by atoms with Gasteiger partial charge >= 0.3 is 6.18 Å². The number of alkyl halides is 3. The Morgan fingerprint density at radius 3 is 2.71 bits per heavy atom. The van der Waals surface area contributed by atoms with E-state index in [1.165, 1.54) is 12.0 Å². The number of rotatable bonds is 5. The molecule has 1 fully saturated rings. The molecule has 0 aliphatic carbocycles. The third-order valence-corrected chi connectivity index (χ3v) is 3.70. The lowest BCUT2D eigenvalue weighted by Crippen LogP contribution is -2.56. The van der Waals surface area contributed by atoms with Crippen LogP contribution in [0.5, 0.6) is 0 Å². The number of carbonyl (C=O) groups is 2. The number of aromatic amines is 1. The zero-order chi connectivity index (χ0) is 17.9. The van der Waals surface area contributed by atoms with E-state index >= 15 is 0 Å². The van der Waals surface area contributed by atoms with Crippen LogP contribution in [0.3, 0.4) is 0 Å². The van der Waals surface area contributed by atoms with Crippen molar-refractivity contribution in [2.75, 3.05) is 26.8 Å². The van der Waals surface area contributed by atoms with Gasteiger partial charge in [-0.1, -0.05) is 0 Å². The number of nitrogens with zero attached hydrogens (tertiary/aromatic N) is 1. The summed E-state index contributed by atoms with van der Waals surface area (Å²) in [4.78, 5) is 38.2. The number of H-pyrrole nitrogens is 1. The van der Waals surface area contributed by atoms with Gasteiger partial charge in [-0.25, -0.2) is 0 Å². The van der Waals surface area contributed by atoms with Crippen LogP contribution in [-0.4, -0.2) is 54.5 Å². The number of ether oxygens (including phenoxy) is 1. The van der Waals surface area contributed by atoms with Crippen molar-refractivity contribution in [3.63, 3.8) is 0 Å². The van der Waals surface area contributed by atoms with Crippen LogP contribution in [0.15, 0.2) is 17.1 Å². The summed E-state index contributed by atoms with van der Waals surface area (Å²) in [5.41, 5.74) is -3.05. The van der Waals surface area contributed by atoms with Crippen molar-refractivity contribution in [3.8, 4) is 0 Å². The van der Waals surface area contributed by atoms with E-state index in [1.54, 1.807) is 0 Å². The molecule has 1 aliphatic heterocycles. The normalized spacial score (nSPS) is 17.3. The first-order valence-electron chi connectivity index (χ1n) is 7.10. The number of aromatic nitrogens is 1. The minimum Gasteiger partial charge on any atom is -0.375 e. The number of halogens is 3. The Morgan fingerprint density at radius 1 is 1.46 bits per heavy atom. The van der Waals surface area contributed by atoms with Crippen LogP contribution in [0.25, 0.3) is 0 Å². The fourth-order valence-electron chi connectivity index (χ4n) is 2.33. The zero-order valence-corrected chi connectivity index (χ0v) is 12.8. The van der Waals surface area contributed by atoms with Crippen LogP contribution in [0.2, 0.25) is 0 Å². The van der Waals surface area contributed by atoms with Gasteiger partial charge in [-0.05, 0) is 12.5 Å². The van der Waals surface area contributed by atoms with Gasteiger partial charge < -0.3 is 19.9 Å². The molecular formula is C14H16F3N3O4. The molecule has 2 amide bonds. The highest BCUT2D eigenvalue weighted by Gasteiger charge is 2.35. The second-order valence-corrected chi connectivity index (χ2v) is 5.30. The van der Waals surface area contributed by atoms with Crippen molar-refractivity contribution in [1.82, 2.24) is 15.2 Å². The van der Waals surface area contributed by atoms with Crippen molar-refractivity contribution in [3.05, 3.63) is 33.7 Å². The van der Waals surface area contributed by atoms with E-state index in [0.29, 0.717) is 19.0 Å². The average molecular weight is 347 g/mol. The molecule has 7 nitrogen and oxygen atoms in total. The molecule has 1 saturated heterocycles. The molecule has 1 aliphatic rings. The summed E-state index contributed by atoms with van der Waals surface area (Å²) in [5, 5.41) is 2.46. The highest BCUT2D eigenvalue weighted by Crippen LogP contribution is 2.26. The highest BCUT2D eigenvalue weighted by molar-refractivity contribution is 5.94. The third-order valence-electron chi connectivity index (χ3n) is 3.70. The minimum absolute atomic E-state index is 0.0701. The minimum atomic E-state index is -4.85. The van der Waals surface area contributed by atoms with Crippen molar-refractivity contribution >= 4 is 11.8 Å². The quantitative estimate of drug-likeness (QED) is 0.805. The monoisotopic (exact) mass is 347 g/mol. The van der Waals surface area contributed by atoms with Crippen LogP contribution in [0, 0.1) is 0 Å². The molecule has 10 heteroatoms. The van der Waals surface area contributed by atoms with Gasteiger partial charge in [0.2, 0.25) is 5.91 Å². The summed E-state index contributed by atoms with van der Waals surface area (Å²) >= 11 is 0. The van der Waals surface area contributed by atoms with E-state index in [9.17, 15) is 27.6 Å². The summed E-state index contributed by atoms with van der Waals surface area (Å²) in [6, 6.07) is 0.282. The maximum absolute atomic E-state index is 12.7. The van der Waals surface area contributed by atoms with Gasteiger partial charge in [0.1, 0.15) is 12.2 Å². The summed E-state index contributed by atoms with van der Waals surface area (Å²) in [7, 11) is 1.39. The van der Waals surface area contributed by atoms with Gasteiger partial charge in [-0.15, -0.1) is 0 Å². The average Bonchev–Trinajstić information content (AvgIpc) is 2.45. The number of pyridine rings is 1. The number of hydrogen-bond acceptors (Lipinski definition) is 4. The Morgan fingerprint density at radius 2 is 2.17 bits per heavy atom. The number of methoxy groups -OCH3 is 1. The lowest BCUT2D eigenvalue weighted by Gasteiger charge is -2.41. The molecule has 2 rings (SSSR count). The van der Waals surface area contributed by atoms with Crippen molar-refractivity contribution in [1.29, 1.82) is 0 Å². The van der Waals surface area contributed by atoms with Crippen LogP contribution in [-0.2, 0) is 15.7 Å². The van der Waals surface area contributed by atoms with Crippen LogP contribution in [0.1, 0.15) is 22.3 Å². The predicted octanol–water partition coefficient (Wildman–Crippen LogP) is 0.371. The number of nitrogens with one attached hydrogen (secondary N) is 2. The van der Waals surface area contributed by atoms with E-state index < -0.39 is 23.2 Å². The van der Waals surface area contributed by atoms with Crippen molar-refractivity contribution < 1.29 is 27.5 Å². The molecule has 24 heavy (non-hydrogen) atoms. The Labute approximate surface area is 134 Å². The molecule has 1 aromatic heterocycles. The third kappa shape index (κ3) is 3.94. The first-order chi connectivity index (χ1) is 11.2. The van der Waals surface area contributed by atoms with Crippen molar-refractivity contribution in [2.24, 2.45) is 0 Å². The first-order valence-corrected chi connectivity index (χ1v) is 7.10. The smallest absolute Gasteiger partial charge is 0.375 e. The van der Waals surface area contributed by atoms with E-state index in [2.05, 4.69) is 5.32 Å². The van der Waals surface area contributed by atoms with Gasteiger partial charge in [-0.2, -0.15) is 13.2 Å². The largest absolute Gasteiger partial charge is 0.421 e. The van der Waals surface area contributed by atoms with E-state index in [-0.39, 0.29) is 30.7 Å². The topological polar surface area (TPSA) is 91.5 Å². The molecule has 0 bridgehead atoms. The van der Waals surface area contributed by atoms with Gasteiger partial charge in [0.15, 0.2) is 0 Å². The molecular weight excluding hydrogens is 331 g/mol. The second-order valence-electron chi connectivity index (χ2n) is 5.30. The molecule has 132 valence electrons. The number of hydrogen-bond donors (Lipinski definition) is 2. The first kappa shape index (κ1) is 18.0. The summed E-state index contributed by atoms with van der Waals surface area (Å²) < 4.78 is 42.8. The highest BCUT2D eigenvalue weighted by atomic mass is 19.4. The van der Waals surface area contributed by atoms with Gasteiger partial charge in [0.25, 0.3) is 11.5 Å². The van der Waals surface area contributed by atoms with Gasteiger partial charge in [0, 0.05) is 26.4 Å². The molecule has 0 radical (unpaired) electrons. The maximum atomic E-state index is 12.7. The van der Waals surface area contributed by atoms with Crippen molar-refractivity contribution in [2.45, 2.75) is 18.6 Å². The number of amides is 2. The van der Waals surface area contributed by atoms with Gasteiger partial charge in [-0.3, -0.25) is 14.4 Å². The standard InChI is InChI=1S/C14H16F3N3O4/c1-24-7-11(21)20-3-2-9(20)6-19-12(22)8-4-10(14(15,16)17)13(23)18-5-8/h4-5,9H,2-3,6-7H2,1H3,(H,18,23)(H,19,22). The molecule has 0 saturated carbocycles. The summed E-state index contributed by atoms with van der Waals surface area (Å²) in [5.74, 6) is -0.978. The maximum Gasteiger partial charge on any atom is 0.421 e. The fourth-order valence-corrected chi connectivity index (χ4v) is 2.33. The Bertz CT molecular complexity index is 687. The number of carbonyl (C=O) groups excluding carboxylic acids is 2. The lowest BCUT2D eigenvalue weighted by molar-refractivity contribution is -0.142. The predicted molar refractivity (Wildman–Crippen MR) is 76.4 cm³/mol. The number of likely N-dealkylation sites (tertiary alicyclic amines) is 1. The van der Waals surface area contributed by atoms with Crippen LogP contribution in [0.4, 0.5) is 13.2 Å². The summed E-state index contributed by atoms with van der Waals surface area (Å²) in [6.45, 7) is 0.577. The van der Waals surface area contributed by atoms with Gasteiger partial charge in [0.05, 0.1) is 11.6 Å². The molecule has 2 N–H and O–H groups in total. The molecule has 1 atom stereocenters. The van der Waals surface area contributed by atoms with Crippen LogP contribution < -0.4 is 10.9 Å². The second kappa shape index (κ2) is 7.04. The Hall–Kier alpha value is -2.36. The van der Waals surface area contributed by atoms with E-state index in [0.717, 1.165) is 6.20 Å². The molecule has 2 heterocycles. The SMILES string of the molecule is COCC(=O)N1CCC1CNC(=O)c1c[nH]c(=O)c(C(F)(F)F)c1. The molecule has 0 spiro atoms. The lowest BCUT2D eigenvalue weighted by atomic mass is 10.0. The van der Waals surface area contributed by atoms with E-state index in [1.807, 2.05) is 4.98 Å².